The lowest BCUT2D eigenvalue weighted by atomic mass is 9.85. The molecule has 2 nitrogen and oxygen atoms in total. The molecule has 0 radical (unpaired) electrons. The van der Waals surface area contributed by atoms with E-state index < -0.39 is 0 Å². The van der Waals surface area contributed by atoms with E-state index in [0.29, 0.717) is 12.3 Å². The van der Waals surface area contributed by atoms with Crippen molar-refractivity contribution in [2.24, 2.45) is 5.92 Å². The summed E-state index contributed by atoms with van der Waals surface area (Å²) in [7, 11) is 0. The van der Waals surface area contributed by atoms with Crippen LogP contribution in [-0.4, -0.2) is 16.3 Å². The van der Waals surface area contributed by atoms with Gasteiger partial charge in [-0.1, -0.05) is 44.2 Å². The molecule has 1 aromatic rings. The Balaban J connectivity index is 1.91. The van der Waals surface area contributed by atoms with Crippen LogP contribution in [0.15, 0.2) is 24.3 Å². The molecule has 2 rings (SSSR count). The lowest BCUT2D eigenvalue weighted by molar-refractivity contribution is 0.0913. The van der Waals surface area contributed by atoms with Gasteiger partial charge in [-0.3, -0.25) is 0 Å². The average Bonchev–Trinajstić information content (AvgIpc) is 2.28. The van der Waals surface area contributed by atoms with Crippen LogP contribution in [0.2, 0.25) is 0 Å². The molecule has 0 aromatic heterocycles. The highest BCUT2D eigenvalue weighted by Crippen LogP contribution is 2.27. The third-order valence-corrected chi connectivity index (χ3v) is 4.05. The van der Waals surface area contributed by atoms with E-state index in [9.17, 15) is 10.2 Å². The molecule has 1 aliphatic rings. The summed E-state index contributed by atoms with van der Waals surface area (Å²) < 4.78 is 0. The molecule has 2 N–H and O–H groups in total. The van der Waals surface area contributed by atoms with Gasteiger partial charge in [-0.15, -0.1) is 0 Å². The fraction of sp³-hybridized carbons (Fsp3) is 0.625. The highest BCUT2D eigenvalue weighted by Gasteiger charge is 2.20. The molecule has 0 bridgehead atoms. The minimum atomic E-state index is -0.259. The van der Waals surface area contributed by atoms with Gasteiger partial charge in [0.05, 0.1) is 6.10 Å². The molecular formula is C16H24O2. The maximum Gasteiger partial charge on any atom is 0.115 e. The summed E-state index contributed by atoms with van der Waals surface area (Å²) in [5.41, 5.74) is 1.03. The Morgan fingerprint density at radius 1 is 1.06 bits per heavy atom. The fourth-order valence-corrected chi connectivity index (χ4v) is 2.96. The van der Waals surface area contributed by atoms with Crippen LogP contribution < -0.4 is 0 Å². The summed E-state index contributed by atoms with van der Waals surface area (Å²) in [6, 6.07) is 7.25. The van der Waals surface area contributed by atoms with E-state index in [1.165, 1.54) is 32.1 Å². The van der Waals surface area contributed by atoms with Crippen molar-refractivity contribution in [3.63, 3.8) is 0 Å². The van der Waals surface area contributed by atoms with E-state index in [2.05, 4.69) is 0 Å². The zero-order valence-corrected chi connectivity index (χ0v) is 11.0. The van der Waals surface area contributed by atoms with Crippen LogP contribution in [0.4, 0.5) is 0 Å². The Morgan fingerprint density at radius 3 is 2.39 bits per heavy atom. The van der Waals surface area contributed by atoms with Gasteiger partial charge in [0.2, 0.25) is 0 Å². The number of aliphatic hydroxyl groups excluding tert-OH is 1. The van der Waals surface area contributed by atoms with Gasteiger partial charge in [-0.25, -0.2) is 0 Å². The Bertz CT molecular complexity index is 354. The summed E-state index contributed by atoms with van der Waals surface area (Å²) in [6.07, 6.45) is 9.20. The maximum atomic E-state index is 10.4. The van der Waals surface area contributed by atoms with Crippen LogP contribution in [0, 0.1) is 5.92 Å². The number of aromatic hydroxyl groups is 1. The van der Waals surface area contributed by atoms with Crippen molar-refractivity contribution >= 4 is 0 Å². The summed E-state index contributed by atoms with van der Waals surface area (Å²) in [5.74, 6) is 0.727. The second-order valence-corrected chi connectivity index (χ2v) is 5.55. The zero-order valence-electron chi connectivity index (χ0n) is 11.0. The monoisotopic (exact) mass is 248 g/mol. The van der Waals surface area contributed by atoms with Crippen LogP contribution in [-0.2, 0) is 6.42 Å². The van der Waals surface area contributed by atoms with E-state index in [-0.39, 0.29) is 11.9 Å². The minimum Gasteiger partial charge on any atom is -0.508 e. The van der Waals surface area contributed by atoms with E-state index in [4.69, 9.17) is 0 Å². The average molecular weight is 248 g/mol. The molecule has 1 unspecified atom stereocenters. The topological polar surface area (TPSA) is 40.5 Å². The van der Waals surface area contributed by atoms with Gasteiger partial charge >= 0.3 is 0 Å². The second kappa shape index (κ2) is 6.79. The van der Waals surface area contributed by atoms with E-state index in [1.54, 1.807) is 12.1 Å². The minimum absolute atomic E-state index is 0.259. The van der Waals surface area contributed by atoms with Crippen LogP contribution >= 0.6 is 0 Å². The van der Waals surface area contributed by atoms with Crippen LogP contribution in [0.1, 0.15) is 50.5 Å². The van der Waals surface area contributed by atoms with Gasteiger partial charge in [0, 0.05) is 0 Å². The molecule has 18 heavy (non-hydrogen) atoms. The Kier molecular flexibility index (Phi) is 5.06. The van der Waals surface area contributed by atoms with Crippen LogP contribution in [0.3, 0.4) is 0 Å². The number of hydrogen-bond acceptors (Lipinski definition) is 2. The molecule has 0 aliphatic heterocycles. The highest BCUT2D eigenvalue weighted by molar-refractivity contribution is 5.27. The molecule has 0 spiro atoms. The van der Waals surface area contributed by atoms with Crippen molar-refractivity contribution in [1.82, 2.24) is 0 Å². The summed E-state index contributed by atoms with van der Waals surface area (Å²) >= 11 is 0. The van der Waals surface area contributed by atoms with Crippen molar-refractivity contribution in [2.75, 3.05) is 0 Å². The predicted octanol–water partition coefficient (Wildman–Crippen LogP) is 3.66. The van der Waals surface area contributed by atoms with E-state index >= 15 is 0 Å². The molecule has 1 aliphatic carbocycles. The smallest absolute Gasteiger partial charge is 0.115 e. The number of benzene rings is 1. The number of phenols is 1. The molecule has 2 heteroatoms. The molecular weight excluding hydrogens is 224 g/mol. The standard InChI is InChI=1S/C16H24O2/c17-15-10-6-7-13(11-15)12-16(18)14-8-4-2-1-3-5-9-14/h6-7,10-11,14,16-18H,1-5,8-9,12H2. The largest absolute Gasteiger partial charge is 0.508 e. The second-order valence-electron chi connectivity index (χ2n) is 5.55. The molecule has 0 amide bonds. The van der Waals surface area contributed by atoms with Crippen molar-refractivity contribution in [1.29, 1.82) is 0 Å². The molecule has 1 aromatic carbocycles. The molecule has 100 valence electrons. The van der Waals surface area contributed by atoms with Crippen molar-refractivity contribution < 1.29 is 10.2 Å². The van der Waals surface area contributed by atoms with Crippen molar-refractivity contribution in [3.8, 4) is 5.75 Å². The zero-order chi connectivity index (χ0) is 12.8. The lowest BCUT2D eigenvalue weighted by Crippen LogP contribution is -2.23. The third kappa shape index (κ3) is 4.02. The first-order valence-corrected chi connectivity index (χ1v) is 7.21. The Morgan fingerprint density at radius 2 is 1.72 bits per heavy atom. The third-order valence-electron chi connectivity index (χ3n) is 4.05. The summed E-state index contributed by atoms with van der Waals surface area (Å²) in [4.78, 5) is 0. The van der Waals surface area contributed by atoms with Gasteiger partial charge in [0.15, 0.2) is 0 Å². The van der Waals surface area contributed by atoms with E-state index in [0.717, 1.165) is 18.4 Å². The molecule has 0 saturated heterocycles. The molecule has 1 fully saturated rings. The number of hydrogen-bond donors (Lipinski definition) is 2. The van der Waals surface area contributed by atoms with Crippen molar-refractivity contribution in [3.05, 3.63) is 29.8 Å². The van der Waals surface area contributed by atoms with Gasteiger partial charge < -0.3 is 10.2 Å². The predicted molar refractivity (Wildman–Crippen MR) is 73.6 cm³/mol. The summed E-state index contributed by atoms with van der Waals surface area (Å²) in [5, 5.41) is 19.8. The Labute approximate surface area is 110 Å². The number of aliphatic hydroxyl groups is 1. The first kappa shape index (κ1) is 13.4. The SMILES string of the molecule is Oc1cccc(CC(O)C2CCCCCCC2)c1. The van der Waals surface area contributed by atoms with Gasteiger partial charge in [0.1, 0.15) is 5.75 Å². The molecule has 0 heterocycles. The van der Waals surface area contributed by atoms with Gasteiger partial charge in [-0.2, -0.15) is 0 Å². The van der Waals surface area contributed by atoms with E-state index in [1.807, 2.05) is 12.1 Å². The maximum absolute atomic E-state index is 10.4. The normalized spacial score (nSPS) is 20.1. The Hall–Kier alpha value is -1.02. The van der Waals surface area contributed by atoms with Gasteiger partial charge in [0.25, 0.3) is 0 Å². The van der Waals surface area contributed by atoms with Gasteiger partial charge in [-0.05, 0) is 42.9 Å². The number of rotatable bonds is 3. The summed E-state index contributed by atoms with van der Waals surface area (Å²) in [6.45, 7) is 0. The lowest BCUT2D eigenvalue weighted by Gasteiger charge is -2.25. The highest BCUT2D eigenvalue weighted by atomic mass is 16.3. The van der Waals surface area contributed by atoms with Crippen LogP contribution in [0.5, 0.6) is 5.75 Å². The van der Waals surface area contributed by atoms with Crippen LogP contribution in [0.25, 0.3) is 0 Å². The number of phenolic OH excluding ortho intramolecular Hbond substituents is 1. The van der Waals surface area contributed by atoms with Crippen molar-refractivity contribution in [2.45, 2.75) is 57.5 Å². The molecule has 1 saturated carbocycles. The first-order valence-electron chi connectivity index (χ1n) is 7.21. The molecule has 1 atom stereocenters. The fourth-order valence-electron chi connectivity index (χ4n) is 2.96. The quantitative estimate of drug-likeness (QED) is 0.857. The first-order chi connectivity index (χ1) is 8.75.